The van der Waals surface area contributed by atoms with Gasteiger partial charge in [0.2, 0.25) is 19.4 Å². The number of carbonyl (C=O) groups is 2. The number of phosphoric acid groups is 1. The number of nitrogens with zero attached hydrogens (tertiary/aromatic N) is 5. The highest BCUT2D eigenvalue weighted by Crippen LogP contribution is 2.52. The van der Waals surface area contributed by atoms with Gasteiger partial charge in [0.1, 0.15) is 36.7 Å². The Balaban J connectivity index is 1.88. The first-order valence-corrected chi connectivity index (χ1v) is 14.2. The number of anilines is 1. The number of carbonyl (C=O) groups excluding carboxylic acids is 2. The lowest BCUT2D eigenvalue weighted by molar-refractivity contribution is -0.225. The molecule has 2 aromatic rings. The van der Waals surface area contributed by atoms with Crippen molar-refractivity contribution in [3.8, 4) is 18.4 Å². The molecular formula is C25H32FN6O11P. The largest absolute Gasteiger partial charge is 0.480 e. The number of aliphatic hydroxyl groups is 2. The molecule has 1 aliphatic rings. The molecule has 3 heterocycles. The summed E-state index contributed by atoms with van der Waals surface area (Å²) in [4.78, 5) is 36.0. The number of nitrogen functional groups attached to an aromatic ring is 1. The van der Waals surface area contributed by atoms with Crippen LogP contribution in [0.5, 0.6) is 0 Å². The van der Waals surface area contributed by atoms with E-state index < -0.39 is 74.6 Å². The van der Waals surface area contributed by atoms with E-state index in [1.807, 2.05) is 0 Å². The predicted octanol–water partition coefficient (Wildman–Crippen LogP) is 1.24. The minimum absolute atomic E-state index is 0.0857. The summed E-state index contributed by atoms with van der Waals surface area (Å²) in [6.07, 6.45) is 1.41. The van der Waals surface area contributed by atoms with Crippen LogP contribution in [0.4, 0.5) is 10.2 Å². The quantitative estimate of drug-likeness (QED) is 0.143. The number of phosphoric ester groups is 1. The number of terminal acetylenes is 1. The van der Waals surface area contributed by atoms with Gasteiger partial charge in [-0.15, -0.1) is 6.42 Å². The molecule has 19 heteroatoms. The number of halogens is 1. The molecule has 0 saturated carbocycles. The lowest BCUT2D eigenvalue weighted by Crippen LogP contribution is -2.45. The molecule has 44 heavy (non-hydrogen) atoms. The van der Waals surface area contributed by atoms with Crippen molar-refractivity contribution in [3.05, 3.63) is 12.2 Å². The van der Waals surface area contributed by atoms with Gasteiger partial charge in [0.15, 0.2) is 11.5 Å². The highest BCUT2D eigenvalue weighted by atomic mass is 31.2. The van der Waals surface area contributed by atoms with Gasteiger partial charge in [-0.3, -0.25) is 23.4 Å². The molecule has 4 atom stereocenters. The molecule has 1 saturated heterocycles. The fraction of sp³-hybridized carbons (Fsp3) is 0.600. The van der Waals surface area contributed by atoms with E-state index >= 15 is 4.39 Å². The monoisotopic (exact) mass is 642 g/mol. The normalized spacial score (nSPS) is 24.1. The summed E-state index contributed by atoms with van der Waals surface area (Å²) in [5.74, 6) is -3.30. The van der Waals surface area contributed by atoms with Gasteiger partial charge in [-0.05, 0) is 47.5 Å². The Morgan fingerprint density at radius 3 is 2.14 bits per heavy atom. The molecule has 240 valence electrons. The van der Waals surface area contributed by atoms with E-state index in [-0.39, 0.29) is 22.8 Å². The highest BCUT2D eigenvalue weighted by molar-refractivity contribution is 7.48. The summed E-state index contributed by atoms with van der Waals surface area (Å²) in [7, 11) is -4.97. The van der Waals surface area contributed by atoms with E-state index in [0.29, 0.717) is 0 Å². The third-order valence-corrected chi connectivity index (χ3v) is 7.27. The number of fused-ring (bicyclic) bond motifs is 1. The summed E-state index contributed by atoms with van der Waals surface area (Å²) in [5.41, 5.74) is 0.798. The van der Waals surface area contributed by atoms with Crippen LogP contribution in [0.1, 0.15) is 47.4 Å². The number of nitrogens with two attached hydrogens (primary N) is 1. The van der Waals surface area contributed by atoms with Gasteiger partial charge >= 0.3 is 19.8 Å². The number of rotatable bonds is 10. The standard InChI is InChI=1S/C25H32FN6O11P/c1-8-14-30-18(28)15-19(31-14)32(11-29-15)25(9-27)17(34)16(33)24(26,43-25)10-40-44(37,41-12-38-20(35)22(2,3)4)42-13-39-21(36)23(5,6)7/h1,11,16-17,33-34H,10,12-13H2,2-7H3,(H2,28,30,31)/t16-,17+,24+,25+/m0/s1. The first-order chi connectivity index (χ1) is 20.2. The van der Waals surface area contributed by atoms with Crippen molar-refractivity contribution in [2.24, 2.45) is 10.8 Å². The van der Waals surface area contributed by atoms with Crippen molar-refractivity contribution in [3.63, 3.8) is 0 Å². The molecule has 2 aromatic heterocycles. The van der Waals surface area contributed by atoms with Gasteiger partial charge in [0, 0.05) is 0 Å². The zero-order chi connectivity index (χ0) is 33.3. The first kappa shape index (κ1) is 34.7. The summed E-state index contributed by atoms with van der Waals surface area (Å²) in [6.45, 7) is 5.68. The molecule has 0 spiro atoms. The molecule has 1 aliphatic heterocycles. The van der Waals surface area contributed by atoms with Crippen LogP contribution in [0, 0.1) is 34.5 Å². The van der Waals surface area contributed by atoms with Crippen molar-refractivity contribution in [2.75, 3.05) is 25.9 Å². The van der Waals surface area contributed by atoms with Gasteiger partial charge in [-0.2, -0.15) is 5.26 Å². The van der Waals surface area contributed by atoms with Crippen LogP contribution in [-0.4, -0.2) is 79.9 Å². The zero-order valence-corrected chi connectivity index (χ0v) is 25.5. The molecule has 0 bridgehead atoms. The molecule has 0 amide bonds. The third-order valence-electron chi connectivity index (χ3n) is 5.98. The van der Waals surface area contributed by atoms with Gasteiger partial charge in [0.25, 0.3) is 11.6 Å². The summed E-state index contributed by atoms with van der Waals surface area (Å²) < 4.78 is 60.3. The average molecular weight is 643 g/mol. The van der Waals surface area contributed by atoms with E-state index in [4.69, 9.17) is 39.9 Å². The van der Waals surface area contributed by atoms with Crippen LogP contribution >= 0.6 is 7.82 Å². The highest BCUT2D eigenvalue weighted by Gasteiger charge is 2.66. The van der Waals surface area contributed by atoms with Gasteiger partial charge in [0.05, 0.1) is 10.8 Å². The number of imidazole rings is 1. The number of nitriles is 1. The Labute approximate surface area is 251 Å². The molecule has 0 unspecified atom stereocenters. The van der Waals surface area contributed by atoms with Crippen LogP contribution in [0.25, 0.3) is 11.2 Å². The van der Waals surface area contributed by atoms with E-state index in [2.05, 4.69) is 20.9 Å². The zero-order valence-electron chi connectivity index (χ0n) is 24.6. The molecule has 1 fully saturated rings. The molecule has 17 nitrogen and oxygen atoms in total. The number of alkyl halides is 1. The van der Waals surface area contributed by atoms with Gasteiger partial charge in [-0.1, -0.05) is 0 Å². The summed E-state index contributed by atoms with van der Waals surface area (Å²) in [6, 6.07) is 1.58. The SMILES string of the molecule is C#Cc1nc(N)c2ncn([C@]3(C#N)O[C@](F)(COP(=O)(OCOC(=O)C(C)(C)C)OCOC(=O)C(C)(C)C)[C@@H](O)[C@H]3O)c2n1. The van der Waals surface area contributed by atoms with Crippen LogP contribution in [0.15, 0.2) is 6.33 Å². The van der Waals surface area contributed by atoms with Crippen LogP contribution in [0.2, 0.25) is 0 Å². The van der Waals surface area contributed by atoms with Crippen molar-refractivity contribution in [2.45, 2.75) is 65.3 Å². The Bertz CT molecular complexity index is 1520. The molecule has 0 radical (unpaired) electrons. The number of hydrogen-bond acceptors (Lipinski definition) is 16. The third kappa shape index (κ3) is 6.98. The second kappa shape index (κ2) is 12.3. The number of aliphatic hydroxyl groups excluding tert-OH is 2. The first-order valence-electron chi connectivity index (χ1n) is 12.8. The summed E-state index contributed by atoms with van der Waals surface area (Å²) in [5, 5.41) is 31.6. The van der Waals surface area contributed by atoms with Gasteiger partial charge < -0.3 is 25.4 Å². The van der Waals surface area contributed by atoms with E-state index in [0.717, 1.165) is 10.9 Å². The second-order valence-electron chi connectivity index (χ2n) is 11.5. The minimum Gasteiger partial charge on any atom is -0.437 e. The topological polar surface area (TPSA) is 240 Å². The predicted molar refractivity (Wildman–Crippen MR) is 145 cm³/mol. The molecular weight excluding hydrogens is 610 g/mol. The number of hydrogen-bond donors (Lipinski definition) is 3. The van der Waals surface area contributed by atoms with Crippen LogP contribution in [0.3, 0.4) is 0 Å². The number of ether oxygens (including phenoxy) is 3. The van der Waals surface area contributed by atoms with Crippen LogP contribution < -0.4 is 5.73 Å². The minimum atomic E-state index is -4.97. The lowest BCUT2D eigenvalue weighted by Gasteiger charge is -2.28. The Kier molecular flexibility index (Phi) is 9.74. The van der Waals surface area contributed by atoms with Gasteiger partial charge in [-0.25, -0.2) is 33.0 Å². The maximum Gasteiger partial charge on any atom is 0.480 e. The maximum atomic E-state index is 16.2. The smallest absolute Gasteiger partial charge is 0.437 e. The lowest BCUT2D eigenvalue weighted by atomic mass is 9.98. The number of aromatic nitrogens is 4. The fourth-order valence-electron chi connectivity index (χ4n) is 3.51. The van der Waals surface area contributed by atoms with Crippen LogP contribution in [-0.2, 0) is 47.7 Å². The molecule has 0 aliphatic carbocycles. The Morgan fingerprint density at radius 2 is 1.66 bits per heavy atom. The van der Waals surface area contributed by atoms with Crippen molar-refractivity contribution in [1.82, 2.24) is 19.5 Å². The summed E-state index contributed by atoms with van der Waals surface area (Å²) >= 11 is 0. The average Bonchev–Trinajstić information content (AvgIpc) is 3.45. The second-order valence-corrected chi connectivity index (χ2v) is 13.2. The fourth-order valence-corrected chi connectivity index (χ4v) is 4.43. The Morgan fingerprint density at radius 1 is 1.11 bits per heavy atom. The Hall–Kier alpha value is -3.74. The van der Waals surface area contributed by atoms with Crippen molar-refractivity contribution < 1.29 is 56.5 Å². The number of esters is 2. The molecule has 3 rings (SSSR count). The maximum absolute atomic E-state index is 16.2. The van der Waals surface area contributed by atoms with Crippen molar-refractivity contribution >= 4 is 36.7 Å². The van der Waals surface area contributed by atoms with E-state index in [1.54, 1.807) is 6.07 Å². The van der Waals surface area contributed by atoms with E-state index in [1.165, 1.54) is 41.5 Å². The molecule has 0 aromatic carbocycles. The van der Waals surface area contributed by atoms with E-state index in [9.17, 15) is 29.6 Å². The molecule has 4 N–H and O–H groups in total. The van der Waals surface area contributed by atoms with Crippen molar-refractivity contribution in [1.29, 1.82) is 5.26 Å².